The van der Waals surface area contributed by atoms with Gasteiger partial charge in [0.25, 0.3) is 0 Å². The minimum absolute atomic E-state index is 0.645. The molecule has 0 bridgehead atoms. The van der Waals surface area contributed by atoms with Gasteiger partial charge in [-0.05, 0) is 41.5 Å². The third kappa shape index (κ3) is 1.97. The van der Waals surface area contributed by atoms with Crippen molar-refractivity contribution in [3.8, 4) is 23.5 Å². The van der Waals surface area contributed by atoms with Gasteiger partial charge in [0.1, 0.15) is 11.2 Å². The monoisotopic (exact) mass is 302 g/mol. The highest BCUT2D eigenvalue weighted by Crippen LogP contribution is 2.33. The van der Waals surface area contributed by atoms with Crippen LogP contribution in [0.5, 0.6) is 0 Å². The highest BCUT2D eigenvalue weighted by molar-refractivity contribution is 6.30. The fourth-order valence-corrected chi connectivity index (χ4v) is 2.95. The Labute approximate surface area is 133 Å². The molecule has 4 rings (SSSR count). The Bertz CT molecular complexity index is 1050. The van der Waals surface area contributed by atoms with Gasteiger partial charge in [-0.3, -0.25) is 0 Å². The molecule has 3 aromatic carbocycles. The van der Waals surface area contributed by atoms with Crippen molar-refractivity contribution < 1.29 is 4.42 Å². The van der Waals surface area contributed by atoms with Crippen molar-refractivity contribution in [2.24, 2.45) is 0 Å². The molecule has 0 spiro atoms. The molecule has 0 saturated heterocycles. The Morgan fingerprint density at radius 2 is 1.68 bits per heavy atom. The average molecular weight is 303 g/mol. The van der Waals surface area contributed by atoms with Crippen LogP contribution in [-0.2, 0) is 0 Å². The number of rotatable bonds is 1. The summed E-state index contributed by atoms with van der Waals surface area (Å²) in [5.74, 6) is 2.71. The summed E-state index contributed by atoms with van der Waals surface area (Å²) in [6.45, 7) is 0. The molecular weight excluding hydrogens is 292 g/mol. The minimum atomic E-state index is 0.645. The lowest BCUT2D eigenvalue weighted by Crippen LogP contribution is -1.84. The number of halogens is 1. The third-order valence-corrected chi connectivity index (χ3v) is 4.06. The SMILES string of the molecule is C#Cc1cc(Cl)ccc1-c1ccc2oc3ccccc3c2c1. The second-order valence-electron chi connectivity index (χ2n) is 5.14. The Hall–Kier alpha value is -2.69. The van der Waals surface area contributed by atoms with Crippen LogP contribution in [0.3, 0.4) is 0 Å². The predicted octanol–water partition coefficient (Wildman–Crippen LogP) is 5.89. The first-order valence-corrected chi connectivity index (χ1v) is 7.32. The summed E-state index contributed by atoms with van der Waals surface area (Å²) in [6.07, 6.45) is 5.61. The molecule has 0 atom stereocenters. The molecule has 0 amide bonds. The van der Waals surface area contributed by atoms with E-state index in [-0.39, 0.29) is 0 Å². The van der Waals surface area contributed by atoms with Gasteiger partial charge < -0.3 is 4.42 Å². The highest BCUT2D eigenvalue weighted by Gasteiger charge is 2.10. The Morgan fingerprint density at radius 3 is 2.55 bits per heavy atom. The van der Waals surface area contributed by atoms with Crippen LogP contribution >= 0.6 is 11.6 Å². The van der Waals surface area contributed by atoms with E-state index in [1.807, 2.05) is 48.5 Å². The zero-order chi connectivity index (χ0) is 15.1. The van der Waals surface area contributed by atoms with Crippen LogP contribution in [-0.4, -0.2) is 0 Å². The zero-order valence-electron chi connectivity index (χ0n) is 11.6. The molecule has 0 N–H and O–H groups in total. The molecule has 1 heterocycles. The van der Waals surface area contributed by atoms with Gasteiger partial charge >= 0.3 is 0 Å². The topological polar surface area (TPSA) is 13.1 Å². The van der Waals surface area contributed by atoms with Crippen molar-refractivity contribution in [1.82, 2.24) is 0 Å². The van der Waals surface area contributed by atoms with E-state index in [0.717, 1.165) is 38.6 Å². The molecule has 0 aliphatic heterocycles. The van der Waals surface area contributed by atoms with E-state index in [2.05, 4.69) is 18.1 Å². The molecule has 0 fully saturated rings. The quantitative estimate of drug-likeness (QED) is 0.400. The number of hydrogen-bond acceptors (Lipinski definition) is 1. The lowest BCUT2D eigenvalue weighted by Gasteiger charge is -2.06. The maximum Gasteiger partial charge on any atom is 0.135 e. The van der Waals surface area contributed by atoms with E-state index in [4.69, 9.17) is 22.4 Å². The number of fused-ring (bicyclic) bond motifs is 3. The molecule has 104 valence electrons. The van der Waals surface area contributed by atoms with Crippen LogP contribution in [0.2, 0.25) is 5.02 Å². The van der Waals surface area contributed by atoms with Gasteiger partial charge in [-0.2, -0.15) is 0 Å². The smallest absolute Gasteiger partial charge is 0.135 e. The Balaban J connectivity index is 2.00. The first-order valence-electron chi connectivity index (χ1n) is 6.94. The number of furan rings is 1. The van der Waals surface area contributed by atoms with Crippen LogP contribution in [0.25, 0.3) is 33.1 Å². The van der Waals surface area contributed by atoms with Crippen molar-refractivity contribution in [2.45, 2.75) is 0 Å². The molecule has 0 radical (unpaired) electrons. The van der Waals surface area contributed by atoms with Crippen molar-refractivity contribution in [3.05, 3.63) is 71.2 Å². The van der Waals surface area contributed by atoms with Gasteiger partial charge in [0.2, 0.25) is 0 Å². The van der Waals surface area contributed by atoms with Crippen LogP contribution in [0.15, 0.2) is 65.1 Å². The minimum Gasteiger partial charge on any atom is -0.456 e. The number of hydrogen-bond donors (Lipinski definition) is 0. The summed E-state index contributed by atoms with van der Waals surface area (Å²) in [7, 11) is 0. The van der Waals surface area contributed by atoms with Crippen LogP contribution in [0, 0.1) is 12.3 Å². The summed E-state index contributed by atoms with van der Waals surface area (Å²) in [5.41, 5.74) is 4.62. The Kier molecular flexibility index (Phi) is 2.92. The first kappa shape index (κ1) is 13.0. The second kappa shape index (κ2) is 4.94. The fraction of sp³-hybridized carbons (Fsp3) is 0. The van der Waals surface area contributed by atoms with E-state index in [9.17, 15) is 0 Å². The molecule has 0 unspecified atom stereocenters. The number of para-hydroxylation sites is 1. The number of terminal acetylenes is 1. The first-order chi connectivity index (χ1) is 10.8. The van der Waals surface area contributed by atoms with Gasteiger partial charge in [-0.1, -0.05) is 47.9 Å². The molecule has 0 aliphatic rings. The summed E-state index contributed by atoms with van der Waals surface area (Å²) < 4.78 is 5.86. The molecule has 2 heteroatoms. The maximum atomic E-state index is 6.03. The lowest BCUT2D eigenvalue weighted by atomic mass is 9.98. The summed E-state index contributed by atoms with van der Waals surface area (Å²) >= 11 is 6.03. The summed E-state index contributed by atoms with van der Waals surface area (Å²) in [5, 5.41) is 2.84. The normalized spacial score (nSPS) is 10.9. The Morgan fingerprint density at radius 1 is 0.864 bits per heavy atom. The van der Waals surface area contributed by atoms with E-state index in [0.29, 0.717) is 5.02 Å². The molecule has 1 nitrogen and oxygen atoms in total. The molecule has 1 aromatic heterocycles. The molecule has 4 aromatic rings. The van der Waals surface area contributed by atoms with Crippen molar-refractivity contribution in [1.29, 1.82) is 0 Å². The molecule has 0 saturated carbocycles. The van der Waals surface area contributed by atoms with Crippen molar-refractivity contribution in [3.63, 3.8) is 0 Å². The van der Waals surface area contributed by atoms with Gasteiger partial charge in [0.15, 0.2) is 0 Å². The predicted molar refractivity (Wildman–Crippen MR) is 92.1 cm³/mol. The van der Waals surface area contributed by atoms with Crippen molar-refractivity contribution >= 4 is 33.5 Å². The standard InChI is InChI=1S/C20H11ClO/c1-2-13-11-15(21)8-9-16(13)14-7-10-20-18(12-14)17-5-3-4-6-19(17)22-20/h1,3-12H. The number of benzene rings is 3. The zero-order valence-corrected chi connectivity index (χ0v) is 12.4. The van der Waals surface area contributed by atoms with Crippen LogP contribution < -0.4 is 0 Å². The van der Waals surface area contributed by atoms with Gasteiger partial charge in [-0.25, -0.2) is 0 Å². The van der Waals surface area contributed by atoms with Crippen LogP contribution in [0.1, 0.15) is 5.56 Å². The van der Waals surface area contributed by atoms with E-state index in [1.54, 1.807) is 0 Å². The average Bonchev–Trinajstić information content (AvgIpc) is 2.92. The molecule has 22 heavy (non-hydrogen) atoms. The largest absolute Gasteiger partial charge is 0.456 e. The maximum absolute atomic E-state index is 6.03. The van der Waals surface area contributed by atoms with Crippen LogP contribution in [0.4, 0.5) is 0 Å². The van der Waals surface area contributed by atoms with E-state index < -0.39 is 0 Å². The van der Waals surface area contributed by atoms with E-state index in [1.165, 1.54) is 0 Å². The van der Waals surface area contributed by atoms with Crippen molar-refractivity contribution in [2.75, 3.05) is 0 Å². The second-order valence-corrected chi connectivity index (χ2v) is 5.58. The fourth-order valence-electron chi connectivity index (χ4n) is 2.78. The third-order valence-electron chi connectivity index (χ3n) is 3.82. The molecule has 0 aliphatic carbocycles. The summed E-state index contributed by atoms with van der Waals surface area (Å²) in [4.78, 5) is 0. The lowest BCUT2D eigenvalue weighted by molar-refractivity contribution is 0.669. The van der Waals surface area contributed by atoms with E-state index >= 15 is 0 Å². The summed E-state index contributed by atoms with van der Waals surface area (Å²) in [6, 6.07) is 19.8. The highest BCUT2D eigenvalue weighted by atomic mass is 35.5. The van der Waals surface area contributed by atoms with Gasteiger partial charge in [0, 0.05) is 21.4 Å². The van der Waals surface area contributed by atoms with Gasteiger partial charge in [0.05, 0.1) is 0 Å². The molecular formula is C20H11ClO. The van der Waals surface area contributed by atoms with Gasteiger partial charge in [-0.15, -0.1) is 6.42 Å².